The van der Waals surface area contributed by atoms with Crippen LogP contribution in [0.1, 0.15) is 51.8 Å². The van der Waals surface area contributed by atoms with Gasteiger partial charge in [-0.1, -0.05) is 42.9 Å². The Morgan fingerprint density at radius 1 is 1.36 bits per heavy atom. The average molecular weight is 316 g/mol. The first kappa shape index (κ1) is 16.8. The predicted molar refractivity (Wildman–Crippen MR) is 94.1 cm³/mol. The third kappa shape index (κ3) is 4.20. The monoisotopic (exact) mass is 316 g/mol. The Balaban J connectivity index is 2.14. The second kappa shape index (κ2) is 7.10. The summed E-state index contributed by atoms with van der Waals surface area (Å²) < 4.78 is 4.85. The minimum atomic E-state index is 0.271. The normalized spacial score (nSPS) is 18.8. The molecule has 0 aromatic carbocycles. The number of ether oxygens (including phenoxy) is 1. The predicted octanol–water partition coefficient (Wildman–Crippen LogP) is 5.77. The highest BCUT2D eigenvalue weighted by molar-refractivity contribution is 7.14. The van der Waals surface area contributed by atoms with Crippen LogP contribution >= 0.6 is 11.3 Å². The van der Waals surface area contributed by atoms with E-state index in [1.54, 1.807) is 0 Å². The maximum absolute atomic E-state index is 10.3. The van der Waals surface area contributed by atoms with Gasteiger partial charge in [0.15, 0.2) is 5.06 Å². The van der Waals surface area contributed by atoms with Crippen molar-refractivity contribution in [2.75, 3.05) is 0 Å². The molecule has 1 aliphatic carbocycles. The standard InChI is InChI=1S/C19H24O2S/c1-14(12-16-8-10-18(22-16)21-13-20)7-9-17-15(2)6-5-11-19(17,3)4/h7-10,12-13H,5-6,11H2,1-4H3/b9-7+,14-12+. The van der Waals surface area contributed by atoms with Gasteiger partial charge >= 0.3 is 0 Å². The van der Waals surface area contributed by atoms with Gasteiger partial charge in [-0.2, -0.15) is 0 Å². The van der Waals surface area contributed by atoms with Crippen molar-refractivity contribution in [2.45, 2.75) is 47.0 Å². The van der Waals surface area contributed by atoms with Gasteiger partial charge in [0, 0.05) is 4.88 Å². The van der Waals surface area contributed by atoms with Crippen LogP contribution in [0.15, 0.2) is 41.0 Å². The van der Waals surface area contributed by atoms with Crippen molar-refractivity contribution in [1.29, 1.82) is 0 Å². The Kier molecular flexibility index (Phi) is 5.41. The third-order valence-electron chi connectivity index (χ3n) is 4.19. The Morgan fingerprint density at radius 2 is 2.14 bits per heavy atom. The molecule has 0 fully saturated rings. The van der Waals surface area contributed by atoms with Gasteiger partial charge in [-0.05, 0) is 67.9 Å². The van der Waals surface area contributed by atoms with Gasteiger partial charge in [0.25, 0.3) is 6.47 Å². The first-order valence-electron chi connectivity index (χ1n) is 7.69. The zero-order valence-electron chi connectivity index (χ0n) is 13.8. The van der Waals surface area contributed by atoms with Crippen LogP contribution in [-0.4, -0.2) is 6.47 Å². The lowest BCUT2D eigenvalue weighted by Crippen LogP contribution is -2.19. The number of carbonyl (C=O) groups excluding carboxylic acids is 1. The van der Waals surface area contributed by atoms with Crippen LogP contribution in [0.25, 0.3) is 6.08 Å². The lowest BCUT2D eigenvalue weighted by molar-refractivity contribution is -0.120. The van der Waals surface area contributed by atoms with Crippen molar-refractivity contribution in [1.82, 2.24) is 0 Å². The van der Waals surface area contributed by atoms with E-state index in [9.17, 15) is 4.79 Å². The van der Waals surface area contributed by atoms with Gasteiger partial charge < -0.3 is 4.74 Å². The van der Waals surface area contributed by atoms with E-state index in [0.29, 0.717) is 11.5 Å². The first-order chi connectivity index (χ1) is 10.4. The van der Waals surface area contributed by atoms with Crippen LogP contribution in [-0.2, 0) is 4.79 Å². The molecule has 22 heavy (non-hydrogen) atoms. The highest BCUT2D eigenvalue weighted by Crippen LogP contribution is 2.40. The molecule has 1 aliphatic rings. The molecule has 1 aromatic rings. The average Bonchev–Trinajstić information content (AvgIpc) is 2.85. The second-order valence-corrected chi connectivity index (χ2v) is 7.60. The van der Waals surface area contributed by atoms with E-state index in [1.165, 1.54) is 47.3 Å². The summed E-state index contributed by atoms with van der Waals surface area (Å²) in [6.07, 6.45) is 10.3. The van der Waals surface area contributed by atoms with E-state index in [2.05, 4.69) is 45.9 Å². The summed E-state index contributed by atoms with van der Waals surface area (Å²) in [5.41, 5.74) is 4.45. The summed E-state index contributed by atoms with van der Waals surface area (Å²) in [7, 11) is 0. The lowest BCUT2D eigenvalue weighted by Gasteiger charge is -2.32. The molecule has 0 unspecified atom stereocenters. The van der Waals surface area contributed by atoms with Crippen molar-refractivity contribution in [3.8, 4) is 5.06 Å². The molecule has 3 heteroatoms. The molecule has 2 nitrogen and oxygen atoms in total. The molecule has 0 saturated heterocycles. The van der Waals surface area contributed by atoms with E-state index in [-0.39, 0.29) is 5.41 Å². The fourth-order valence-electron chi connectivity index (χ4n) is 3.02. The molecule has 2 rings (SSSR count). The maximum Gasteiger partial charge on any atom is 0.299 e. The Labute approximate surface area is 137 Å². The van der Waals surface area contributed by atoms with Crippen molar-refractivity contribution >= 4 is 23.9 Å². The number of allylic oxidation sites excluding steroid dienone is 5. The molecular formula is C19H24O2S. The summed E-state index contributed by atoms with van der Waals surface area (Å²) in [6, 6.07) is 3.79. The molecule has 1 heterocycles. The quantitative estimate of drug-likeness (QED) is 0.509. The molecule has 0 bridgehead atoms. The zero-order chi connectivity index (χ0) is 16.2. The van der Waals surface area contributed by atoms with Gasteiger partial charge in [-0.25, -0.2) is 0 Å². The molecular weight excluding hydrogens is 292 g/mol. The highest BCUT2D eigenvalue weighted by atomic mass is 32.1. The lowest BCUT2D eigenvalue weighted by atomic mass is 9.72. The van der Waals surface area contributed by atoms with Crippen LogP contribution in [0.4, 0.5) is 0 Å². The third-order valence-corrected chi connectivity index (χ3v) is 5.11. The topological polar surface area (TPSA) is 26.3 Å². The Hall–Kier alpha value is -1.61. The van der Waals surface area contributed by atoms with Gasteiger partial charge in [-0.3, -0.25) is 4.79 Å². The first-order valence-corrected chi connectivity index (χ1v) is 8.51. The van der Waals surface area contributed by atoms with Gasteiger partial charge in [0.2, 0.25) is 0 Å². The van der Waals surface area contributed by atoms with Gasteiger partial charge in [-0.15, -0.1) is 0 Å². The molecule has 0 radical (unpaired) electrons. The van der Waals surface area contributed by atoms with Crippen molar-refractivity contribution in [3.63, 3.8) is 0 Å². The smallest absolute Gasteiger partial charge is 0.299 e. The van der Waals surface area contributed by atoms with E-state index in [4.69, 9.17) is 4.74 Å². The molecule has 0 amide bonds. The number of hydrogen-bond acceptors (Lipinski definition) is 3. The van der Waals surface area contributed by atoms with E-state index >= 15 is 0 Å². The minimum Gasteiger partial charge on any atom is -0.418 e. The summed E-state index contributed by atoms with van der Waals surface area (Å²) in [6.45, 7) is 9.48. The summed E-state index contributed by atoms with van der Waals surface area (Å²) in [5, 5.41) is 0.630. The van der Waals surface area contributed by atoms with Crippen LogP contribution in [0, 0.1) is 5.41 Å². The van der Waals surface area contributed by atoms with E-state index in [0.717, 1.165) is 4.88 Å². The van der Waals surface area contributed by atoms with Gasteiger partial charge in [0.05, 0.1) is 0 Å². The van der Waals surface area contributed by atoms with Crippen molar-refractivity contribution in [2.24, 2.45) is 5.41 Å². The molecule has 0 saturated carbocycles. The van der Waals surface area contributed by atoms with Crippen LogP contribution < -0.4 is 4.74 Å². The fraction of sp³-hybridized carbons (Fsp3) is 0.421. The van der Waals surface area contributed by atoms with Crippen LogP contribution in [0.2, 0.25) is 0 Å². The van der Waals surface area contributed by atoms with E-state index in [1.807, 2.05) is 12.1 Å². The Morgan fingerprint density at radius 3 is 2.82 bits per heavy atom. The van der Waals surface area contributed by atoms with Crippen molar-refractivity contribution < 1.29 is 9.53 Å². The Bertz CT molecular complexity index is 630. The molecule has 0 N–H and O–H groups in total. The molecule has 1 aromatic heterocycles. The zero-order valence-corrected chi connectivity index (χ0v) is 14.6. The minimum absolute atomic E-state index is 0.271. The summed E-state index contributed by atoms with van der Waals surface area (Å²) in [5.74, 6) is 0. The number of rotatable bonds is 5. The number of hydrogen-bond donors (Lipinski definition) is 0. The van der Waals surface area contributed by atoms with Crippen molar-refractivity contribution in [3.05, 3.63) is 45.9 Å². The van der Waals surface area contributed by atoms with Crippen LogP contribution in [0.5, 0.6) is 5.06 Å². The molecule has 0 aliphatic heterocycles. The highest BCUT2D eigenvalue weighted by Gasteiger charge is 2.26. The molecule has 118 valence electrons. The fourth-order valence-corrected chi connectivity index (χ4v) is 3.86. The van der Waals surface area contributed by atoms with Crippen LogP contribution in [0.3, 0.4) is 0 Å². The molecule has 0 atom stereocenters. The number of thiophene rings is 1. The second-order valence-electron chi connectivity index (χ2n) is 6.52. The number of carbonyl (C=O) groups is 1. The SMILES string of the molecule is CC1=C(/C=C/C(C)=C/c2ccc(OC=O)s2)C(C)(C)CCC1. The summed E-state index contributed by atoms with van der Waals surface area (Å²) >= 11 is 1.47. The summed E-state index contributed by atoms with van der Waals surface area (Å²) in [4.78, 5) is 11.4. The van der Waals surface area contributed by atoms with E-state index < -0.39 is 0 Å². The van der Waals surface area contributed by atoms with Gasteiger partial charge in [0.1, 0.15) is 0 Å². The maximum atomic E-state index is 10.3. The molecule has 0 spiro atoms. The largest absolute Gasteiger partial charge is 0.418 e.